The van der Waals surface area contributed by atoms with Crippen LogP contribution in [-0.4, -0.2) is 15.9 Å². The van der Waals surface area contributed by atoms with Crippen LogP contribution in [0.5, 0.6) is 0 Å². The SMILES string of the molecule is Cc1nccc(CNC(=O)c2csc(I)c2)n1. The van der Waals surface area contributed by atoms with Crippen LogP contribution in [0.2, 0.25) is 0 Å². The van der Waals surface area contributed by atoms with Gasteiger partial charge in [-0.3, -0.25) is 4.79 Å². The molecular weight excluding hydrogens is 349 g/mol. The van der Waals surface area contributed by atoms with E-state index in [4.69, 9.17) is 0 Å². The highest BCUT2D eigenvalue weighted by Gasteiger charge is 2.07. The van der Waals surface area contributed by atoms with Crippen molar-refractivity contribution in [3.05, 3.63) is 43.7 Å². The summed E-state index contributed by atoms with van der Waals surface area (Å²) in [5, 5.41) is 4.68. The lowest BCUT2D eigenvalue weighted by molar-refractivity contribution is 0.0951. The topological polar surface area (TPSA) is 54.9 Å². The second-order valence-electron chi connectivity index (χ2n) is 3.42. The zero-order chi connectivity index (χ0) is 12.3. The van der Waals surface area contributed by atoms with E-state index in [1.165, 1.54) is 0 Å². The first-order valence-electron chi connectivity index (χ1n) is 4.96. The molecule has 4 nitrogen and oxygen atoms in total. The maximum Gasteiger partial charge on any atom is 0.252 e. The number of carbonyl (C=O) groups is 1. The van der Waals surface area contributed by atoms with Crippen molar-refractivity contribution in [2.45, 2.75) is 13.5 Å². The van der Waals surface area contributed by atoms with Crippen molar-refractivity contribution in [3.63, 3.8) is 0 Å². The zero-order valence-electron chi connectivity index (χ0n) is 9.11. The summed E-state index contributed by atoms with van der Waals surface area (Å²) >= 11 is 3.75. The molecule has 2 heterocycles. The number of halogens is 1. The van der Waals surface area contributed by atoms with Gasteiger partial charge in [0.15, 0.2) is 0 Å². The smallest absolute Gasteiger partial charge is 0.252 e. The Bertz CT molecular complexity index is 541. The van der Waals surface area contributed by atoms with Gasteiger partial charge in [0.2, 0.25) is 0 Å². The molecule has 1 amide bonds. The molecule has 0 aliphatic carbocycles. The average Bonchev–Trinajstić information content (AvgIpc) is 2.73. The van der Waals surface area contributed by atoms with Crippen molar-refractivity contribution in [1.29, 1.82) is 0 Å². The molecule has 2 rings (SSSR count). The first-order chi connectivity index (χ1) is 8.15. The minimum atomic E-state index is -0.0690. The number of aryl methyl sites for hydroxylation is 1. The molecule has 0 unspecified atom stereocenters. The highest BCUT2D eigenvalue weighted by Crippen LogP contribution is 2.16. The largest absolute Gasteiger partial charge is 0.346 e. The molecule has 88 valence electrons. The van der Waals surface area contributed by atoms with Gasteiger partial charge in [0.05, 0.1) is 20.7 Å². The van der Waals surface area contributed by atoms with E-state index in [1.54, 1.807) is 23.6 Å². The fraction of sp³-hybridized carbons (Fsp3) is 0.182. The van der Waals surface area contributed by atoms with Gasteiger partial charge in [-0.15, -0.1) is 11.3 Å². The van der Waals surface area contributed by atoms with Gasteiger partial charge in [-0.25, -0.2) is 9.97 Å². The summed E-state index contributed by atoms with van der Waals surface area (Å²) in [6, 6.07) is 3.66. The number of nitrogens with one attached hydrogen (secondary N) is 1. The van der Waals surface area contributed by atoms with Gasteiger partial charge in [-0.1, -0.05) is 0 Å². The Morgan fingerprint density at radius 2 is 2.41 bits per heavy atom. The Kier molecular flexibility index (Phi) is 4.06. The predicted octanol–water partition coefficient (Wildman–Crippen LogP) is 2.38. The van der Waals surface area contributed by atoms with E-state index < -0.39 is 0 Å². The molecule has 0 radical (unpaired) electrons. The molecule has 0 aliphatic rings. The van der Waals surface area contributed by atoms with Crippen molar-refractivity contribution in [1.82, 2.24) is 15.3 Å². The summed E-state index contributed by atoms with van der Waals surface area (Å²) < 4.78 is 1.10. The standard InChI is InChI=1S/C11H10IN3OS/c1-7-13-3-2-9(15-7)5-14-11(16)8-4-10(12)17-6-8/h2-4,6H,5H2,1H3,(H,14,16). The average molecular weight is 359 g/mol. The lowest BCUT2D eigenvalue weighted by Gasteiger charge is -2.03. The molecular formula is C11H10IN3OS. The van der Waals surface area contributed by atoms with Crippen LogP contribution in [0.25, 0.3) is 0 Å². The molecule has 0 aromatic carbocycles. The van der Waals surface area contributed by atoms with Crippen LogP contribution < -0.4 is 5.32 Å². The number of amides is 1. The third kappa shape index (κ3) is 3.47. The number of carbonyl (C=O) groups excluding carboxylic acids is 1. The number of aromatic nitrogens is 2. The summed E-state index contributed by atoms with van der Waals surface area (Å²) in [4.78, 5) is 20.0. The van der Waals surface area contributed by atoms with Crippen LogP contribution >= 0.6 is 33.9 Å². The van der Waals surface area contributed by atoms with Gasteiger partial charge < -0.3 is 5.32 Å². The molecule has 1 N–H and O–H groups in total. The maximum atomic E-state index is 11.8. The monoisotopic (exact) mass is 359 g/mol. The highest BCUT2D eigenvalue weighted by atomic mass is 127. The molecule has 6 heteroatoms. The molecule has 2 aromatic heterocycles. The van der Waals surface area contributed by atoms with E-state index in [-0.39, 0.29) is 5.91 Å². The molecule has 0 saturated heterocycles. The van der Waals surface area contributed by atoms with Crippen molar-refractivity contribution in [3.8, 4) is 0 Å². The first-order valence-corrected chi connectivity index (χ1v) is 6.92. The lowest BCUT2D eigenvalue weighted by Crippen LogP contribution is -2.22. The van der Waals surface area contributed by atoms with Gasteiger partial charge in [0.25, 0.3) is 5.91 Å². The number of thiophene rings is 1. The third-order valence-corrected chi connectivity index (χ3v) is 3.88. The Labute approximate surface area is 117 Å². The van der Waals surface area contributed by atoms with Crippen molar-refractivity contribution in [2.24, 2.45) is 0 Å². The normalized spacial score (nSPS) is 10.2. The molecule has 0 aliphatic heterocycles. The Balaban J connectivity index is 1.97. The summed E-state index contributed by atoms with van der Waals surface area (Å²) in [7, 11) is 0. The van der Waals surface area contributed by atoms with E-state index in [1.807, 2.05) is 18.4 Å². The van der Waals surface area contributed by atoms with Crippen LogP contribution in [0.3, 0.4) is 0 Å². The van der Waals surface area contributed by atoms with Crippen LogP contribution in [0.15, 0.2) is 23.7 Å². The summed E-state index contributed by atoms with van der Waals surface area (Å²) in [5.74, 6) is 0.641. The quantitative estimate of drug-likeness (QED) is 0.857. The van der Waals surface area contributed by atoms with Gasteiger partial charge in [0, 0.05) is 11.6 Å². The van der Waals surface area contributed by atoms with Gasteiger partial charge in [0.1, 0.15) is 5.82 Å². The van der Waals surface area contributed by atoms with Crippen LogP contribution in [-0.2, 0) is 6.54 Å². The van der Waals surface area contributed by atoms with Crippen LogP contribution in [0.4, 0.5) is 0 Å². The molecule has 0 atom stereocenters. The summed E-state index contributed by atoms with van der Waals surface area (Å²) in [6.07, 6.45) is 1.69. The molecule has 0 saturated carbocycles. The predicted molar refractivity (Wildman–Crippen MR) is 75.0 cm³/mol. The maximum absolute atomic E-state index is 11.8. The number of hydrogen-bond donors (Lipinski definition) is 1. The van der Waals surface area contributed by atoms with Crippen molar-refractivity contribution in [2.75, 3.05) is 0 Å². The second kappa shape index (κ2) is 5.54. The first kappa shape index (κ1) is 12.4. The molecule has 0 spiro atoms. The van der Waals surface area contributed by atoms with Gasteiger partial charge in [-0.2, -0.15) is 0 Å². The van der Waals surface area contributed by atoms with E-state index >= 15 is 0 Å². The van der Waals surface area contributed by atoms with E-state index in [0.29, 0.717) is 17.9 Å². The summed E-state index contributed by atoms with van der Waals surface area (Å²) in [6.45, 7) is 2.25. The molecule has 0 bridgehead atoms. The van der Waals surface area contributed by atoms with E-state index in [9.17, 15) is 4.79 Å². The number of hydrogen-bond acceptors (Lipinski definition) is 4. The van der Waals surface area contributed by atoms with E-state index in [2.05, 4.69) is 37.9 Å². The lowest BCUT2D eigenvalue weighted by atomic mass is 10.3. The van der Waals surface area contributed by atoms with Crippen LogP contribution in [0.1, 0.15) is 21.9 Å². The highest BCUT2D eigenvalue weighted by molar-refractivity contribution is 14.1. The van der Waals surface area contributed by atoms with Crippen molar-refractivity contribution < 1.29 is 4.79 Å². The molecule has 0 fully saturated rings. The Hall–Kier alpha value is -1.02. The number of nitrogens with zero attached hydrogens (tertiary/aromatic N) is 2. The van der Waals surface area contributed by atoms with Gasteiger partial charge >= 0.3 is 0 Å². The molecule has 2 aromatic rings. The Morgan fingerprint density at radius 1 is 1.59 bits per heavy atom. The number of rotatable bonds is 3. The second-order valence-corrected chi connectivity index (χ2v) is 6.22. The minimum absolute atomic E-state index is 0.0690. The fourth-order valence-electron chi connectivity index (χ4n) is 1.31. The summed E-state index contributed by atoms with van der Waals surface area (Å²) in [5.41, 5.74) is 1.51. The van der Waals surface area contributed by atoms with E-state index in [0.717, 1.165) is 8.58 Å². The minimum Gasteiger partial charge on any atom is -0.346 e. The Morgan fingerprint density at radius 3 is 3.06 bits per heavy atom. The van der Waals surface area contributed by atoms with Crippen LogP contribution in [0, 0.1) is 9.81 Å². The molecule has 17 heavy (non-hydrogen) atoms. The third-order valence-electron chi connectivity index (χ3n) is 2.09. The van der Waals surface area contributed by atoms with Crippen molar-refractivity contribution >= 4 is 39.8 Å². The zero-order valence-corrected chi connectivity index (χ0v) is 12.1. The fourth-order valence-corrected chi connectivity index (χ4v) is 2.63. The van der Waals surface area contributed by atoms with Gasteiger partial charge in [-0.05, 0) is 41.6 Å².